The van der Waals surface area contributed by atoms with E-state index in [0.717, 1.165) is 0 Å². The Bertz CT molecular complexity index is 703. The second-order valence-corrected chi connectivity index (χ2v) is 7.25. The van der Waals surface area contributed by atoms with Gasteiger partial charge in [0.25, 0.3) is 0 Å². The molecule has 3 aliphatic carbocycles. The molecule has 4 unspecified atom stereocenters. The minimum atomic E-state index is 0.0849. The van der Waals surface area contributed by atoms with Gasteiger partial charge >= 0.3 is 0 Å². The van der Waals surface area contributed by atoms with Crippen LogP contribution in [0.25, 0.3) is 0 Å². The molecule has 4 atom stereocenters. The Morgan fingerprint density at radius 3 is 2.67 bits per heavy atom. The first-order valence-corrected chi connectivity index (χ1v) is 7.93. The maximum atomic E-state index is 3.86. The monoisotopic (exact) mass is 274 g/mol. The molecule has 1 aromatic rings. The normalized spacial score (nSPS) is 40.0. The van der Waals surface area contributed by atoms with Crippen LogP contribution >= 0.6 is 0 Å². The van der Waals surface area contributed by atoms with Crippen LogP contribution in [0.1, 0.15) is 44.7 Å². The van der Waals surface area contributed by atoms with Gasteiger partial charge < -0.3 is 0 Å². The van der Waals surface area contributed by atoms with Gasteiger partial charge in [-0.15, -0.1) is 0 Å². The smallest absolute Gasteiger partial charge is 0.0245 e. The van der Waals surface area contributed by atoms with Crippen LogP contribution < -0.4 is 0 Å². The van der Waals surface area contributed by atoms with Gasteiger partial charge in [0.1, 0.15) is 0 Å². The summed E-state index contributed by atoms with van der Waals surface area (Å²) in [6.45, 7) is 9.53. The topological polar surface area (TPSA) is 0 Å². The third-order valence-corrected chi connectivity index (χ3v) is 6.33. The fraction of sp³-hybridized carbons (Fsp3) is 0.381. The zero-order chi connectivity index (χ0) is 14.8. The van der Waals surface area contributed by atoms with Gasteiger partial charge in [-0.25, -0.2) is 0 Å². The summed E-state index contributed by atoms with van der Waals surface area (Å²) >= 11 is 0. The van der Waals surface area contributed by atoms with E-state index in [4.69, 9.17) is 0 Å². The summed E-state index contributed by atoms with van der Waals surface area (Å²) in [5.41, 5.74) is 6.02. The van der Waals surface area contributed by atoms with E-state index < -0.39 is 0 Å². The lowest BCUT2D eigenvalue weighted by molar-refractivity contribution is 0.124. The first kappa shape index (κ1) is 13.1. The van der Waals surface area contributed by atoms with Crippen LogP contribution in [-0.2, 0) is 0 Å². The SMILES string of the molecule is CC1=C2C=CC=CC2(C)C(C)C2(C)[C]c3ccccc3C12. The van der Waals surface area contributed by atoms with Gasteiger partial charge in [-0.05, 0) is 35.0 Å². The van der Waals surface area contributed by atoms with Crippen molar-refractivity contribution in [1.82, 2.24) is 0 Å². The van der Waals surface area contributed by atoms with E-state index in [0.29, 0.717) is 11.8 Å². The molecule has 0 heterocycles. The standard InChI is InChI=1S/C21H22/c1-14-18-11-7-8-12-20(18,3)15(2)21(4)13-16-9-5-6-10-17(16)19(14)21/h5-12,15,19H,1-4H3. The van der Waals surface area contributed by atoms with E-state index in [1.807, 2.05) is 0 Å². The number of fused-ring (bicyclic) bond motifs is 4. The molecule has 0 fully saturated rings. The van der Waals surface area contributed by atoms with Crippen LogP contribution in [0.3, 0.4) is 0 Å². The molecule has 0 heteroatoms. The van der Waals surface area contributed by atoms with E-state index in [9.17, 15) is 0 Å². The Labute approximate surface area is 128 Å². The van der Waals surface area contributed by atoms with Crippen LogP contribution in [0.2, 0.25) is 0 Å². The molecule has 2 radical (unpaired) electrons. The number of allylic oxidation sites excluding steroid dienone is 6. The quantitative estimate of drug-likeness (QED) is 0.601. The lowest BCUT2D eigenvalue weighted by Crippen LogP contribution is -2.45. The fourth-order valence-corrected chi connectivity index (χ4v) is 4.98. The maximum absolute atomic E-state index is 3.86. The lowest BCUT2D eigenvalue weighted by Gasteiger charge is -2.53. The Morgan fingerprint density at radius 2 is 1.86 bits per heavy atom. The molecule has 0 nitrogen and oxygen atoms in total. The van der Waals surface area contributed by atoms with E-state index in [2.05, 4.69) is 82.7 Å². The van der Waals surface area contributed by atoms with Crippen LogP contribution in [0, 0.1) is 23.2 Å². The summed E-state index contributed by atoms with van der Waals surface area (Å²) in [5, 5.41) is 0. The zero-order valence-electron chi connectivity index (χ0n) is 13.3. The predicted octanol–water partition coefficient (Wildman–Crippen LogP) is 5.32. The molecular weight excluding hydrogens is 252 g/mol. The van der Waals surface area contributed by atoms with Crippen molar-refractivity contribution in [2.24, 2.45) is 16.7 Å². The molecule has 0 aromatic heterocycles. The molecule has 0 N–H and O–H groups in total. The van der Waals surface area contributed by atoms with Crippen molar-refractivity contribution in [1.29, 1.82) is 0 Å². The summed E-state index contributed by atoms with van der Waals surface area (Å²) in [6.07, 6.45) is 13.0. The predicted molar refractivity (Wildman–Crippen MR) is 87.9 cm³/mol. The van der Waals surface area contributed by atoms with Crippen LogP contribution in [0.15, 0.2) is 59.7 Å². The van der Waals surface area contributed by atoms with Gasteiger partial charge in [0.15, 0.2) is 0 Å². The summed E-state index contributed by atoms with van der Waals surface area (Å²) < 4.78 is 0. The summed E-state index contributed by atoms with van der Waals surface area (Å²) in [6, 6.07) is 8.81. The van der Waals surface area contributed by atoms with Crippen LogP contribution in [0.5, 0.6) is 0 Å². The summed E-state index contributed by atoms with van der Waals surface area (Å²) in [7, 11) is 0. The second kappa shape index (κ2) is 4.00. The van der Waals surface area contributed by atoms with E-state index >= 15 is 0 Å². The largest absolute Gasteiger partial charge is 0.0739 e. The molecule has 106 valence electrons. The number of benzene rings is 1. The van der Waals surface area contributed by atoms with Crippen molar-refractivity contribution in [3.8, 4) is 0 Å². The first-order valence-electron chi connectivity index (χ1n) is 7.93. The molecule has 3 aliphatic rings. The number of hydrogen-bond acceptors (Lipinski definition) is 0. The highest BCUT2D eigenvalue weighted by Gasteiger charge is 2.56. The molecule has 0 spiro atoms. The van der Waals surface area contributed by atoms with Crippen molar-refractivity contribution in [2.75, 3.05) is 0 Å². The van der Waals surface area contributed by atoms with Gasteiger partial charge in [-0.3, -0.25) is 0 Å². The average Bonchev–Trinajstić information content (AvgIpc) is 2.79. The van der Waals surface area contributed by atoms with E-state index in [-0.39, 0.29) is 10.8 Å². The Balaban J connectivity index is 2.00. The van der Waals surface area contributed by atoms with E-state index in [1.54, 1.807) is 0 Å². The molecular formula is C21H22. The molecule has 0 saturated carbocycles. The Kier molecular flexibility index (Phi) is 2.50. The Hall–Kier alpha value is -1.56. The molecule has 4 rings (SSSR count). The average molecular weight is 274 g/mol. The van der Waals surface area contributed by atoms with Gasteiger partial charge in [0.2, 0.25) is 0 Å². The van der Waals surface area contributed by atoms with Crippen LogP contribution in [-0.4, -0.2) is 0 Å². The highest BCUT2D eigenvalue weighted by atomic mass is 14.6. The molecule has 21 heavy (non-hydrogen) atoms. The van der Waals surface area contributed by atoms with Crippen molar-refractivity contribution in [2.45, 2.75) is 33.6 Å². The van der Waals surface area contributed by atoms with Crippen molar-refractivity contribution in [3.05, 3.63) is 77.3 Å². The number of rotatable bonds is 0. The highest BCUT2D eigenvalue weighted by molar-refractivity contribution is 5.57. The Morgan fingerprint density at radius 1 is 1.10 bits per heavy atom. The van der Waals surface area contributed by atoms with Crippen molar-refractivity contribution >= 4 is 0 Å². The van der Waals surface area contributed by atoms with Crippen LogP contribution in [0.4, 0.5) is 0 Å². The van der Waals surface area contributed by atoms with Gasteiger partial charge in [-0.1, -0.05) is 74.9 Å². The number of hydrogen-bond donors (Lipinski definition) is 0. The maximum Gasteiger partial charge on any atom is 0.0245 e. The molecule has 1 aromatic carbocycles. The zero-order valence-corrected chi connectivity index (χ0v) is 13.3. The second-order valence-electron chi connectivity index (χ2n) is 7.25. The first-order chi connectivity index (χ1) is 9.98. The highest BCUT2D eigenvalue weighted by Crippen LogP contribution is 2.66. The molecule has 0 aliphatic heterocycles. The lowest BCUT2D eigenvalue weighted by atomic mass is 9.50. The minimum Gasteiger partial charge on any atom is -0.0739 e. The van der Waals surface area contributed by atoms with E-state index in [1.165, 1.54) is 22.3 Å². The minimum absolute atomic E-state index is 0.0849. The third-order valence-electron chi connectivity index (χ3n) is 6.33. The summed E-state index contributed by atoms with van der Waals surface area (Å²) in [5.74, 6) is 1.00. The fourth-order valence-electron chi connectivity index (χ4n) is 4.98. The van der Waals surface area contributed by atoms with Gasteiger partial charge in [0.05, 0.1) is 0 Å². The van der Waals surface area contributed by atoms with Crippen molar-refractivity contribution < 1.29 is 0 Å². The van der Waals surface area contributed by atoms with Gasteiger partial charge in [0, 0.05) is 17.8 Å². The third kappa shape index (κ3) is 1.46. The summed E-state index contributed by atoms with van der Waals surface area (Å²) in [4.78, 5) is 0. The van der Waals surface area contributed by atoms with Crippen molar-refractivity contribution in [3.63, 3.8) is 0 Å². The molecule has 0 bridgehead atoms. The molecule has 0 amide bonds. The molecule has 0 saturated heterocycles. The van der Waals surface area contributed by atoms with Gasteiger partial charge in [-0.2, -0.15) is 0 Å².